The van der Waals surface area contributed by atoms with E-state index in [1.807, 2.05) is 66.4 Å². The summed E-state index contributed by atoms with van der Waals surface area (Å²) in [5.74, 6) is -0.00182. The van der Waals surface area contributed by atoms with Crippen molar-refractivity contribution in [1.29, 1.82) is 0 Å². The molecule has 3 aromatic carbocycles. The zero-order valence-electron chi connectivity index (χ0n) is 22.3. The van der Waals surface area contributed by atoms with Gasteiger partial charge in [0, 0.05) is 29.4 Å². The van der Waals surface area contributed by atoms with Gasteiger partial charge in [0.25, 0.3) is 0 Å². The highest BCUT2D eigenvalue weighted by Gasteiger charge is 2.24. The summed E-state index contributed by atoms with van der Waals surface area (Å²) >= 11 is 1.74. The maximum absolute atomic E-state index is 12.0. The van der Waals surface area contributed by atoms with Crippen LogP contribution in [0.25, 0.3) is 11.3 Å². The maximum atomic E-state index is 12.0. The molecule has 5 nitrogen and oxygen atoms in total. The molecule has 38 heavy (non-hydrogen) atoms. The summed E-state index contributed by atoms with van der Waals surface area (Å²) in [4.78, 5) is 15.3. The van der Waals surface area contributed by atoms with Gasteiger partial charge in [0.2, 0.25) is 0 Å². The van der Waals surface area contributed by atoms with Crippen molar-refractivity contribution in [1.82, 2.24) is 9.47 Å². The van der Waals surface area contributed by atoms with Crippen LogP contribution < -0.4 is 4.74 Å². The molecule has 0 aliphatic carbocycles. The van der Waals surface area contributed by atoms with Gasteiger partial charge in [0.15, 0.2) is 0 Å². The quantitative estimate of drug-likeness (QED) is 0.187. The fraction of sp³-hybridized carbons (Fsp3) is 0.281. The first-order chi connectivity index (χ1) is 18.5. The Bertz CT molecular complexity index is 1320. The molecule has 0 saturated carbocycles. The Morgan fingerprint density at radius 2 is 1.66 bits per heavy atom. The zero-order valence-corrected chi connectivity index (χ0v) is 23.2. The number of hydrogen-bond acceptors (Lipinski definition) is 4. The monoisotopic (exact) mass is 528 g/mol. The minimum absolute atomic E-state index is 0.532. The third-order valence-corrected chi connectivity index (χ3v) is 7.54. The highest BCUT2D eigenvalue weighted by atomic mass is 32.2. The van der Waals surface area contributed by atoms with E-state index in [1.54, 1.807) is 11.8 Å². The molecule has 1 heterocycles. The lowest BCUT2D eigenvalue weighted by molar-refractivity contribution is -0.144. The van der Waals surface area contributed by atoms with Crippen LogP contribution in [-0.2, 0) is 24.4 Å². The molecule has 0 aliphatic heterocycles. The number of carboxylic acids is 1. The van der Waals surface area contributed by atoms with Gasteiger partial charge in [-0.1, -0.05) is 61.5 Å². The number of aliphatic carboxylic acids is 1. The molecule has 6 heteroatoms. The number of benzene rings is 3. The Kier molecular flexibility index (Phi) is 9.68. The van der Waals surface area contributed by atoms with Gasteiger partial charge < -0.3 is 14.4 Å². The molecule has 0 amide bonds. The van der Waals surface area contributed by atoms with Crippen LogP contribution in [-0.4, -0.2) is 39.4 Å². The van der Waals surface area contributed by atoms with E-state index < -0.39 is 12.0 Å². The van der Waals surface area contributed by atoms with Gasteiger partial charge in [-0.25, -0.2) is 0 Å². The second kappa shape index (κ2) is 13.4. The Morgan fingerprint density at radius 1 is 0.947 bits per heavy atom. The number of carboxylic acid groups (broad SMARTS) is 1. The van der Waals surface area contributed by atoms with E-state index in [0.29, 0.717) is 26.1 Å². The van der Waals surface area contributed by atoms with Crippen molar-refractivity contribution in [2.45, 2.75) is 50.8 Å². The van der Waals surface area contributed by atoms with Crippen LogP contribution in [0.1, 0.15) is 30.2 Å². The molecule has 0 saturated heterocycles. The van der Waals surface area contributed by atoms with E-state index in [-0.39, 0.29) is 0 Å². The highest BCUT2D eigenvalue weighted by Crippen LogP contribution is 2.26. The van der Waals surface area contributed by atoms with Crippen molar-refractivity contribution < 1.29 is 14.6 Å². The Hall–Kier alpha value is -3.48. The molecule has 0 radical (unpaired) electrons. The van der Waals surface area contributed by atoms with E-state index >= 15 is 0 Å². The van der Waals surface area contributed by atoms with Crippen molar-refractivity contribution in [3.05, 3.63) is 108 Å². The first-order valence-corrected chi connectivity index (χ1v) is 14.2. The molecule has 198 valence electrons. The molecule has 0 bridgehead atoms. The number of thioether (sulfide) groups is 1. The number of aryl methyl sites for hydroxylation is 1. The van der Waals surface area contributed by atoms with E-state index in [4.69, 9.17) is 4.74 Å². The second-order valence-electron chi connectivity index (χ2n) is 9.39. The first-order valence-electron chi connectivity index (χ1n) is 13.0. The molecule has 0 spiro atoms. The van der Waals surface area contributed by atoms with Crippen LogP contribution in [0.3, 0.4) is 0 Å². The van der Waals surface area contributed by atoms with E-state index in [1.165, 1.54) is 21.8 Å². The molecular weight excluding hydrogens is 492 g/mol. The van der Waals surface area contributed by atoms with Crippen molar-refractivity contribution in [3.8, 4) is 17.0 Å². The number of ether oxygens (including phenoxy) is 1. The summed E-state index contributed by atoms with van der Waals surface area (Å²) in [5.41, 5.74) is 5.70. The summed E-state index contributed by atoms with van der Waals surface area (Å²) in [6, 6.07) is 30.4. The predicted octanol–water partition coefficient (Wildman–Crippen LogP) is 7.13. The van der Waals surface area contributed by atoms with Gasteiger partial charge in [-0.15, -0.1) is 11.8 Å². The largest absolute Gasteiger partial charge is 0.492 e. The number of aromatic nitrogens is 1. The zero-order chi connectivity index (χ0) is 26.9. The molecule has 0 aliphatic rings. The first kappa shape index (κ1) is 27.6. The van der Waals surface area contributed by atoms with Crippen molar-refractivity contribution in [3.63, 3.8) is 0 Å². The Labute approximate surface area is 230 Å². The average molecular weight is 529 g/mol. The summed E-state index contributed by atoms with van der Waals surface area (Å²) in [6.07, 6.45) is 2.63. The molecule has 1 unspecified atom stereocenters. The van der Waals surface area contributed by atoms with Crippen LogP contribution in [0, 0.1) is 6.92 Å². The van der Waals surface area contributed by atoms with Gasteiger partial charge in [0.1, 0.15) is 18.4 Å². The lowest BCUT2D eigenvalue weighted by atomic mass is 10.1. The van der Waals surface area contributed by atoms with Crippen molar-refractivity contribution in [2.75, 3.05) is 12.9 Å². The minimum Gasteiger partial charge on any atom is -0.492 e. The normalized spacial score (nSPS) is 12.0. The standard InChI is InChI=1S/C32H36N2O3S/c1-4-30(32(35)36)33(22-25-9-6-5-7-10-25)23-26-11-8-12-28(21-26)37-20-19-34-24(2)13-18-31(34)27-14-16-29(38-3)17-15-27/h5-18,21,30H,4,19-20,22-23H2,1-3H3,(H,35,36). The number of carbonyl (C=O) groups is 1. The Morgan fingerprint density at radius 3 is 2.34 bits per heavy atom. The third-order valence-electron chi connectivity index (χ3n) is 6.79. The number of hydrogen-bond donors (Lipinski definition) is 1. The van der Waals surface area contributed by atoms with Crippen LogP contribution in [0.2, 0.25) is 0 Å². The average Bonchev–Trinajstić information content (AvgIpc) is 3.29. The van der Waals surface area contributed by atoms with E-state index in [0.717, 1.165) is 23.4 Å². The molecule has 1 N–H and O–H groups in total. The SMILES string of the molecule is CCC(C(=O)O)N(Cc1ccccc1)Cc1cccc(OCCn2c(C)ccc2-c2ccc(SC)cc2)c1. The fourth-order valence-corrected chi connectivity index (χ4v) is 5.19. The molecule has 1 atom stereocenters. The summed E-state index contributed by atoms with van der Waals surface area (Å²) in [5, 5.41) is 9.84. The molecule has 0 fully saturated rings. The summed E-state index contributed by atoms with van der Waals surface area (Å²) in [7, 11) is 0. The topological polar surface area (TPSA) is 54.7 Å². The van der Waals surface area contributed by atoms with E-state index in [2.05, 4.69) is 54.1 Å². The van der Waals surface area contributed by atoms with Gasteiger partial charge in [-0.2, -0.15) is 0 Å². The number of rotatable bonds is 13. The summed E-state index contributed by atoms with van der Waals surface area (Å²) < 4.78 is 8.47. The fourth-order valence-electron chi connectivity index (χ4n) is 4.79. The lowest BCUT2D eigenvalue weighted by Gasteiger charge is -2.28. The van der Waals surface area contributed by atoms with Crippen LogP contribution in [0.5, 0.6) is 5.75 Å². The van der Waals surface area contributed by atoms with Gasteiger partial charge in [0.05, 0.1) is 6.54 Å². The minimum atomic E-state index is -0.795. The molecule has 1 aromatic heterocycles. The maximum Gasteiger partial charge on any atom is 0.320 e. The van der Waals surface area contributed by atoms with Crippen molar-refractivity contribution in [2.24, 2.45) is 0 Å². The molecule has 4 aromatic rings. The second-order valence-corrected chi connectivity index (χ2v) is 10.3. The molecule has 4 rings (SSSR count). The van der Waals surface area contributed by atoms with Crippen molar-refractivity contribution >= 4 is 17.7 Å². The third kappa shape index (κ3) is 7.09. The van der Waals surface area contributed by atoms with E-state index in [9.17, 15) is 9.90 Å². The smallest absolute Gasteiger partial charge is 0.320 e. The summed E-state index contributed by atoms with van der Waals surface area (Å²) in [6.45, 7) is 6.42. The van der Waals surface area contributed by atoms with Crippen LogP contribution in [0.4, 0.5) is 0 Å². The van der Waals surface area contributed by atoms with Gasteiger partial charge in [-0.3, -0.25) is 9.69 Å². The lowest BCUT2D eigenvalue weighted by Crippen LogP contribution is -2.39. The Balaban J connectivity index is 1.43. The van der Waals surface area contributed by atoms with Crippen LogP contribution >= 0.6 is 11.8 Å². The highest BCUT2D eigenvalue weighted by molar-refractivity contribution is 7.98. The predicted molar refractivity (Wildman–Crippen MR) is 156 cm³/mol. The van der Waals surface area contributed by atoms with Gasteiger partial charge in [-0.05, 0) is 72.7 Å². The van der Waals surface area contributed by atoms with Crippen LogP contribution in [0.15, 0.2) is 95.9 Å². The van der Waals surface area contributed by atoms with Gasteiger partial charge >= 0.3 is 5.97 Å². The molecular formula is C32H36N2O3S. The number of nitrogens with zero attached hydrogens (tertiary/aromatic N) is 2.